The molecule has 0 atom stereocenters. The molecule has 0 saturated carbocycles. The zero-order valence-corrected chi connectivity index (χ0v) is 12.5. The molecule has 0 spiro atoms. The fourth-order valence-electron chi connectivity index (χ4n) is 1.92. The predicted octanol–water partition coefficient (Wildman–Crippen LogP) is 3.63. The number of hydrogen-bond donors (Lipinski definition) is 1. The Morgan fingerprint density at radius 1 is 1.32 bits per heavy atom. The number of benzene rings is 1. The third kappa shape index (κ3) is 2.60. The van der Waals surface area contributed by atoms with Crippen molar-refractivity contribution in [3.05, 3.63) is 62.3 Å². The van der Waals surface area contributed by atoms with Gasteiger partial charge in [-0.3, -0.25) is 4.79 Å². The molecule has 108 valence electrons. The Morgan fingerprint density at radius 3 is 2.91 bits per heavy atom. The molecular weight excluding hydrogens is 324 g/mol. The maximum atomic E-state index is 12.2. The monoisotopic (exact) mass is 330 g/mol. The van der Waals surface area contributed by atoms with Crippen LogP contribution < -0.4 is 10.9 Å². The molecule has 0 aliphatic rings. The number of thiophene rings is 1. The van der Waals surface area contributed by atoms with Gasteiger partial charge in [0.1, 0.15) is 22.2 Å². The first-order chi connectivity index (χ1) is 10.6. The van der Waals surface area contributed by atoms with Gasteiger partial charge in [0.05, 0.1) is 5.56 Å². The second kappa shape index (κ2) is 5.64. The van der Waals surface area contributed by atoms with E-state index in [9.17, 15) is 9.59 Å². The minimum Gasteiger partial charge on any atom is -0.422 e. The summed E-state index contributed by atoms with van der Waals surface area (Å²) in [5.41, 5.74) is -0.208. The van der Waals surface area contributed by atoms with Crippen molar-refractivity contribution in [2.45, 2.75) is 0 Å². The van der Waals surface area contributed by atoms with Gasteiger partial charge in [-0.2, -0.15) is 5.26 Å². The zero-order valence-electron chi connectivity index (χ0n) is 10.9. The Kier molecular flexibility index (Phi) is 3.67. The number of carbonyl (C=O) groups excluding carboxylic acids is 1. The van der Waals surface area contributed by atoms with Gasteiger partial charge in [-0.1, -0.05) is 11.6 Å². The molecule has 1 N–H and O–H groups in total. The highest BCUT2D eigenvalue weighted by atomic mass is 35.5. The number of halogens is 1. The second-order valence-corrected chi connectivity index (χ2v) is 5.71. The van der Waals surface area contributed by atoms with E-state index >= 15 is 0 Å². The van der Waals surface area contributed by atoms with Crippen molar-refractivity contribution in [1.29, 1.82) is 5.26 Å². The maximum Gasteiger partial charge on any atom is 0.349 e. The predicted molar refractivity (Wildman–Crippen MR) is 84.5 cm³/mol. The summed E-state index contributed by atoms with van der Waals surface area (Å²) in [6.07, 6.45) is 0. The highest BCUT2D eigenvalue weighted by Crippen LogP contribution is 2.23. The molecule has 0 fully saturated rings. The molecule has 2 aromatic heterocycles. The first-order valence-electron chi connectivity index (χ1n) is 6.11. The third-order valence-corrected chi connectivity index (χ3v) is 4.02. The number of carbonyl (C=O) groups is 1. The van der Waals surface area contributed by atoms with E-state index in [0.29, 0.717) is 26.6 Å². The van der Waals surface area contributed by atoms with Crippen LogP contribution in [0.1, 0.15) is 15.9 Å². The van der Waals surface area contributed by atoms with E-state index in [2.05, 4.69) is 5.32 Å². The molecule has 1 aromatic carbocycles. The molecule has 0 unspecified atom stereocenters. The van der Waals surface area contributed by atoms with Crippen LogP contribution in [0.25, 0.3) is 11.0 Å². The molecule has 1 amide bonds. The molecule has 0 aliphatic carbocycles. The third-order valence-electron chi connectivity index (χ3n) is 2.95. The van der Waals surface area contributed by atoms with Gasteiger partial charge in [0, 0.05) is 10.4 Å². The van der Waals surface area contributed by atoms with Crippen molar-refractivity contribution in [3.63, 3.8) is 0 Å². The summed E-state index contributed by atoms with van der Waals surface area (Å²) in [4.78, 5) is 24.1. The largest absolute Gasteiger partial charge is 0.422 e. The number of fused-ring (bicyclic) bond motifs is 1. The van der Waals surface area contributed by atoms with Gasteiger partial charge in [-0.15, -0.1) is 11.3 Å². The van der Waals surface area contributed by atoms with Crippen molar-refractivity contribution in [1.82, 2.24) is 0 Å². The quantitative estimate of drug-likeness (QED) is 0.727. The number of anilines is 1. The van der Waals surface area contributed by atoms with Crippen molar-refractivity contribution in [2.75, 3.05) is 5.32 Å². The number of hydrogen-bond acceptors (Lipinski definition) is 5. The van der Waals surface area contributed by atoms with Gasteiger partial charge in [-0.05, 0) is 35.7 Å². The van der Waals surface area contributed by atoms with E-state index in [4.69, 9.17) is 21.3 Å². The van der Waals surface area contributed by atoms with Gasteiger partial charge in [0.2, 0.25) is 0 Å². The molecule has 0 radical (unpaired) electrons. The van der Waals surface area contributed by atoms with Crippen LogP contribution >= 0.6 is 22.9 Å². The van der Waals surface area contributed by atoms with Crippen molar-refractivity contribution in [3.8, 4) is 6.07 Å². The molecule has 5 nitrogen and oxygen atoms in total. The van der Waals surface area contributed by atoms with Crippen LogP contribution in [0.5, 0.6) is 0 Å². The van der Waals surface area contributed by atoms with Crippen molar-refractivity contribution < 1.29 is 9.21 Å². The highest BCUT2D eigenvalue weighted by Gasteiger charge is 2.16. The van der Waals surface area contributed by atoms with E-state index in [0.717, 1.165) is 0 Å². The lowest BCUT2D eigenvalue weighted by atomic mass is 10.2. The molecule has 3 aromatic rings. The Balaban J connectivity index is 2.02. The van der Waals surface area contributed by atoms with Gasteiger partial charge in [0.25, 0.3) is 5.91 Å². The summed E-state index contributed by atoms with van der Waals surface area (Å²) in [5.74, 6) is -0.630. The van der Waals surface area contributed by atoms with Crippen LogP contribution in [-0.4, -0.2) is 5.91 Å². The van der Waals surface area contributed by atoms with Crippen LogP contribution in [0, 0.1) is 11.3 Å². The highest BCUT2D eigenvalue weighted by molar-refractivity contribution is 7.14. The van der Waals surface area contributed by atoms with E-state index < -0.39 is 11.5 Å². The molecule has 3 rings (SSSR count). The van der Waals surface area contributed by atoms with E-state index in [-0.39, 0.29) is 5.56 Å². The molecule has 0 bridgehead atoms. The van der Waals surface area contributed by atoms with Crippen molar-refractivity contribution in [2.24, 2.45) is 0 Å². The lowest BCUT2D eigenvalue weighted by molar-refractivity contribution is 0.102. The molecule has 2 heterocycles. The van der Waals surface area contributed by atoms with Gasteiger partial charge >= 0.3 is 5.63 Å². The van der Waals surface area contributed by atoms with Gasteiger partial charge < -0.3 is 9.73 Å². The number of nitriles is 1. The standard InChI is InChI=1S/C15H7ClN2O3S/c16-10-1-2-12-9(5-10)6-11(15(20)21-12)13(19)18-14-8(7-17)3-4-22-14/h1-6H,(H,18,19). The normalized spacial score (nSPS) is 10.4. The average molecular weight is 331 g/mol. The molecular formula is C15H7ClN2O3S. The summed E-state index contributed by atoms with van der Waals surface area (Å²) in [5, 5.41) is 14.5. The topological polar surface area (TPSA) is 83.1 Å². The number of nitrogens with zero attached hydrogens (tertiary/aromatic N) is 1. The summed E-state index contributed by atoms with van der Waals surface area (Å²) < 4.78 is 5.11. The smallest absolute Gasteiger partial charge is 0.349 e. The second-order valence-electron chi connectivity index (χ2n) is 4.36. The number of amides is 1. The fraction of sp³-hybridized carbons (Fsp3) is 0. The Hall–Kier alpha value is -2.62. The fourth-order valence-corrected chi connectivity index (χ4v) is 2.83. The maximum absolute atomic E-state index is 12.2. The Labute approximate surface area is 133 Å². The zero-order chi connectivity index (χ0) is 15.7. The summed E-state index contributed by atoms with van der Waals surface area (Å²) in [7, 11) is 0. The summed E-state index contributed by atoms with van der Waals surface area (Å²) in [6, 6.07) is 9.72. The van der Waals surface area contributed by atoms with Crippen LogP contribution in [-0.2, 0) is 0 Å². The lowest BCUT2D eigenvalue weighted by Gasteiger charge is -2.04. The number of nitrogens with one attached hydrogen (secondary N) is 1. The SMILES string of the molecule is N#Cc1ccsc1NC(=O)c1cc2cc(Cl)ccc2oc1=O. The molecule has 0 aliphatic heterocycles. The Morgan fingerprint density at radius 2 is 2.14 bits per heavy atom. The summed E-state index contributed by atoms with van der Waals surface area (Å²) in [6.45, 7) is 0. The van der Waals surface area contributed by atoms with Crippen LogP contribution in [0.4, 0.5) is 5.00 Å². The van der Waals surface area contributed by atoms with Gasteiger partial charge in [0.15, 0.2) is 0 Å². The van der Waals surface area contributed by atoms with Crippen molar-refractivity contribution >= 4 is 44.8 Å². The minimum absolute atomic E-state index is 0.146. The first-order valence-corrected chi connectivity index (χ1v) is 7.36. The molecule has 22 heavy (non-hydrogen) atoms. The average Bonchev–Trinajstić information content (AvgIpc) is 2.94. The summed E-state index contributed by atoms with van der Waals surface area (Å²) >= 11 is 7.09. The van der Waals surface area contributed by atoms with Crippen LogP contribution in [0.15, 0.2) is 44.9 Å². The minimum atomic E-state index is -0.748. The van der Waals surface area contributed by atoms with E-state index in [1.165, 1.54) is 17.4 Å². The van der Waals surface area contributed by atoms with Gasteiger partial charge in [-0.25, -0.2) is 4.79 Å². The first kappa shape index (κ1) is 14.3. The lowest BCUT2D eigenvalue weighted by Crippen LogP contribution is -2.20. The Bertz CT molecular complexity index is 984. The van der Waals surface area contributed by atoms with Crippen LogP contribution in [0.2, 0.25) is 5.02 Å². The van der Waals surface area contributed by atoms with E-state index in [1.807, 2.05) is 6.07 Å². The van der Waals surface area contributed by atoms with Crippen LogP contribution in [0.3, 0.4) is 0 Å². The molecule has 7 heteroatoms. The van der Waals surface area contributed by atoms with E-state index in [1.54, 1.807) is 29.6 Å². The number of rotatable bonds is 2. The molecule has 0 saturated heterocycles.